The van der Waals surface area contributed by atoms with Gasteiger partial charge in [-0.15, -0.1) is 0 Å². The molecule has 92 valence electrons. The molecule has 2 rings (SSSR count). The third-order valence-corrected chi connectivity index (χ3v) is 3.09. The molecule has 1 aromatic heterocycles. The molecule has 1 saturated heterocycles. The van der Waals surface area contributed by atoms with Crippen LogP contribution in [0.1, 0.15) is 29.2 Å². The molecule has 1 atom stereocenters. The number of rotatable bonds is 4. The van der Waals surface area contributed by atoms with Gasteiger partial charge in [0.2, 0.25) is 5.91 Å². The second kappa shape index (κ2) is 5.14. The summed E-state index contributed by atoms with van der Waals surface area (Å²) in [5.41, 5.74) is 5.31. The zero-order valence-corrected chi connectivity index (χ0v) is 9.59. The summed E-state index contributed by atoms with van der Waals surface area (Å²) in [6, 6.07) is 3.44. The van der Waals surface area contributed by atoms with E-state index >= 15 is 0 Å². The van der Waals surface area contributed by atoms with E-state index in [1.807, 2.05) is 0 Å². The molecular formula is C12H16N2O3. The van der Waals surface area contributed by atoms with Crippen LogP contribution in [0.5, 0.6) is 0 Å². The molecule has 17 heavy (non-hydrogen) atoms. The lowest BCUT2D eigenvalue weighted by Gasteiger charge is -2.30. The van der Waals surface area contributed by atoms with Crippen LogP contribution in [0.15, 0.2) is 16.5 Å². The zero-order valence-electron chi connectivity index (χ0n) is 9.59. The molecule has 1 aliphatic heterocycles. The lowest BCUT2D eigenvalue weighted by atomic mass is 9.97. The number of aldehydes is 1. The molecule has 1 fully saturated rings. The lowest BCUT2D eigenvalue weighted by Crippen LogP contribution is -2.40. The van der Waals surface area contributed by atoms with E-state index in [1.165, 1.54) is 0 Å². The molecule has 0 radical (unpaired) electrons. The fourth-order valence-electron chi connectivity index (χ4n) is 2.19. The Balaban J connectivity index is 1.94. The molecule has 1 aliphatic rings. The van der Waals surface area contributed by atoms with Crippen LogP contribution in [0.4, 0.5) is 0 Å². The highest BCUT2D eigenvalue weighted by Gasteiger charge is 2.24. The smallest absolute Gasteiger partial charge is 0.221 e. The predicted octanol–water partition coefficient (Wildman–Crippen LogP) is 0.789. The lowest BCUT2D eigenvalue weighted by molar-refractivity contribution is -0.123. The number of carbonyl (C=O) groups is 2. The standard InChI is InChI=1S/C12H16N2O3/c13-12(16)9-2-1-5-14(6-9)7-10-3-4-11(8-15)17-10/h3-4,8-9H,1-2,5-7H2,(H2,13,16). The second-order valence-electron chi connectivity index (χ2n) is 4.40. The Labute approximate surface area is 99.6 Å². The normalized spacial score (nSPS) is 21.3. The SMILES string of the molecule is NC(=O)C1CCCN(Cc2ccc(C=O)o2)C1. The monoisotopic (exact) mass is 236 g/mol. The summed E-state index contributed by atoms with van der Waals surface area (Å²) in [4.78, 5) is 23.7. The van der Waals surface area contributed by atoms with Crippen LogP contribution in [-0.4, -0.2) is 30.2 Å². The number of nitrogens with zero attached hydrogens (tertiary/aromatic N) is 1. The molecule has 5 heteroatoms. The van der Waals surface area contributed by atoms with E-state index in [0.29, 0.717) is 25.1 Å². The summed E-state index contributed by atoms with van der Waals surface area (Å²) in [5, 5.41) is 0. The topological polar surface area (TPSA) is 76.5 Å². The Kier molecular flexibility index (Phi) is 3.58. The van der Waals surface area contributed by atoms with Gasteiger partial charge in [-0.1, -0.05) is 0 Å². The molecule has 0 spiro atoms. The van der Waals surface area contributed by atoms with Gasteiger partial charge in [-0.25, -0.2) is 0 Å². The number of carbonyl (C=O) groups excluding carboxylic acids is 2. The summed E-state index contributed by atoms with van der Waals surface area (Å²) in [6.07, 6.45) is 2.52. The highest BCUT2D eigenvalue weighted by Crippen LogP contribution is 2.18. The van der Waals surface area contributed by atoms with Crippen LogP contribution < -0.4 is 5.73 Å². The van der Waals surface area contributed by atoms with Crippen molar-refractivity contribution >= 4 is 12.2 Å². The maximum Gasteiger partial charge on any atom is 0.221 e. The number of hydrogen-bond acceptors (Lipinski definition) is 4. The molecule has 0 bridgehead atoms. The van der Waals surface area contributed by atoms with Crippen molar-refractivity contribution in [2.75, 3.05) is 13.1 Å². The molecule has 1 amide bonds. The first kappa shape index (κ1) is 11.9. The van der Waals surface area contributed by atoms with E-state index in [-0.39, 0.29) is 11.8 Å². The fraction of sp³-hybridized carbons (Fsp3) is 0.500. The van der Waals surface area contributed by atoms with Crippen molar-refractivity contribution in [3.63, 3.8) is 0 Å². The van der Waals surface area contributed by atoms with Gasteiger partial charge in [-0.05, 0) is 31.5 Å². The summed E-state index contributed by atoms with van der Waals surface area (Å²) in [7, 11) is 0. The van der Waals surface area contributed by atoms with Crippen LogP contribution in [-0.2, 0) is 11.3 Å². The van der Waals surface area contributed by atoms with Crippen LogP contribution in [0.25, 0.3) is 0 Å². The number of primary amides is 1. The van der Waals surface area contributed by atoms with Crippen LogP contribution in [0, 0.1) is 5.92 Å². The van der Waals surface area contributed by atoms with E-state index in [1.54, 1.807) is 12.1 Å². The van der Waals surface area contributed by atoms with Gasteiger partial charge in [0.1, 0.15) is 5.76 Å². The van der Waals surface area contributed by atoms with Gasteiger partial charge in [0, 0.05) is 6.54 Å². The molecule has 1 unspecified atom stereocenters. The number of amides is 1. The molecule has 0 aromatic carbocycles. The Morgan fingerprint density at radius 2 is 2.41 bits per heavy atom. The van der Waals surface area contributed by atoms with Crippen molar-refractivity contribution in [2.45, 2.75) is 19.4 Å². The highest BCUT2D eigenvalue weighted by atomic mass is 16.3. The Hall–Kier alpha value is -1.62. The minimum absolute atomic E-state index is 0.0655. The quantitative estimate of drug-likeness (QED) is 0.784. The molecule has 2 N–H and O–H groups in total. The average Bonchev–Trinajstić information content (AvgIpc) is 2.77. The number of nitrogens with two attached hydrogens (primary N) is 1. The third kappa shape index (κ3) is 2.94. The average molecular weight is 236 g/mol. The van der Waals surface area contributed by atoms with Gasteiger partial charge in [0.15, 0.2) is 12.0 Å². The van der Waals surface area contributed by atoms with Crippen molar-refractivity contribution in [2.24, 2.45) is 11.7 Å². The number of furan rings is 1. The van der Waals surface area contributed by atoms with Crippen molar-refractivity contribution < 1.29 is 14.0 Å². The molecule has 5 nitrogen and oxygen atoms in total. The zero-order chi connectivity index (χ0) is 12.3. The van der Waals surface area contributed by atoms with Gasteiger partial charge in [0.25, 0.3) is 0 Å². The van der Waals surface area contributed by atoms with Crippen molar-refractivity contribution in [1.82, 2.24) is 4.90 Å². The van der Waals surface area contributed by atoms with Gasteiger partial charge in [-0.2, -0.15) is 0 Å². The van der Waals surface area contributed by atoms with Crippen LogP contribution >= 0.6 is 0 Å². The molecule has 1 aromatic rings. The van der Waals surface area contributed by atoms with Crippen molar-refractivity contribution in [1.29, 1.82) is 0 Å². The number of hydrogen-bond donors (Lipinski definition) is 1. The summed E-state index contributed by atoms with van der Waals surface area (Å²) >= 11 is 0. The van der Waals surface area contributed by atoms with E-state index in [9.17, 15) is 9.59 Å². The highest BCUT2D eigenvalue weighted by molar-refractivity contribution is 5.76. The summed E-state index contributed by atoms with van der Waals surface area (Å²) in [5.74, 6) is 0.785. The van der Waals surface area contributed by atoms with Crippen LogP contribution in [0.2, 0.25) is 0 Å². The Bertz CT molecular complexity index is 414. The minimum Gasteiger partial charge on any atom is -0.457 e. The maximum absolute atomic E-state index is 11.1. The van der Waals surface area contributed by atoms with E-state index < -0.39 is 0 Å². The van der Waals surface area contributed by atoms with Gasteiger partial charge >= 0.3 is 0 Å². The molecule has 0 saturated carbocycles. The van der Waals surface area contributed by atoms with Crippen molar-refractivity contribution in [3.8, 4) is 0 Å². The van der Waals surface area contributed by atoms with Gasteiger partial charge < -0.3 is 10.2 Å². The van der Waals surface area contributed by atoms with Gasteiger partial charge in [0.05, 0.1) is 12.5 Å². The third-order valence-electron chi connectivity index (χ3n) is 3.09. The summed E-state index contributed by atoms with van der Waals surface area (Å²) < 4.78 is 5.31. The van der Waals surface area contributed by atoms with E-state index in [2.05, 4.69) is 4.90 Å². The first-order valence-corrected chi connectivity index (χ1v) is 5.74. The Morgan fingerprint density at radius 3 is 3.06 bits per heavy atom. The second-order valence-corrected chi connectivity index (χ2v) is 4.40. The van der Waals surface area contributed by atoms with Gasteiger partial charge in [-0.3, -0.25) is 14.5 Å². The molecule has 0 aliphatic carbocycles. The van der Waals surface area contributed by atoms with Crippen LogP contribution in [0.3, 0.4) is 0 Å². The first-order valence-electron chi connectivity index (χ1n) is 5.74. The summed E-state index contributed by atoms with van der Waals surface area (Å²) in [6.45, 7) is 2.23. The van der Waals surface area contributed by atoms with E-state index in [4.69, 9.17) is 10.2 Å². The van der Waals surface area contributed by atoms with E-state index in [0.717, 1.165) is 25.1 Å². The first-order chi connectivity index (χ1) is 8.19. The Morgan fingerprint density at radius 1 is 1.59 bits per heavy atom. The van der Waals surface area contributed by atoms with Crippen molar-refractivity contribution in [3.05, 3.63) is 23.7 Å². The minimum atomic E-state index is -0.234. The molecule has 2 heterocycles. The largest absolute Gasteiger partial charge is 0.457 e. The number of piperidine rings is 1. The maximum atomic E-state index is 11.1. The molecular weight excluding hydrogens is 220 g/mol. The number of likely N-dealkylation sites (tertiary alicyclic amines) is 1. The predicted molar refractivity (Wildman–Crippen MR) is 61.3 cm³/mol. The fourth-order valence-corrected chi connectivity index (χ4v) is 2.19.